The topological polar surface area (TPSA) is 85.2 Å². The first-order chi connectivity index (χ1) is 14.8. The molecule has 0 aliphatic rings. The van der Waals surface area contributed by atoms with Crippen molar-refractivity contribution < 1.29 is 27.8 Å². The zero-order chi connectivity index (χ0) is 22.2. The first kappa shape index (κ1) is 20.3. The molecule has 0 radical (unpaired) electrons. The Morgan fingerprint density at radius 2 is 1.77 bits per heavy atom. The molecule has 2 N–H and O–H groups in total. The van der Waals surface area contributed by atoms with Gasteiger partial charge in [-0.05, 0) is 24.3 Å². The van der Waals surface area contributed by atoms with Gasteiger partial charge in [-0.3, -0.25) is 5.10 Å². The van der Waals surface area contributed by atoms with Crippen molar-refractivity contribution in [1.29, 1.82) is 0 Å². The average Bonchev–Trinajstić information content (AvgIpc) is 3.41. The van der Waals surface area contributed by atoms with E-state index in [-0.39, 0.29) is 33.9 Å². The number of aromatic amines is 1. The van der Waals surface area contributed by atoms with Gasteiger partial charge in [0.2, 0.25) is 5.75 Å². The minimum atomic E-state index is -4.71. The Kier molecular flexibility index (Phi) is 5.05. The molecule has 2 aromatic carbocycles. The number of phenols is 1. The van der Waals surface area contributed by atoms with Crippen molar-refractivity contribution in [2.24, 2.45) is 0 Å². The first-order valence-electron chi connectivity index (χ1n) is 9.05. The number of rotatable bonds is 5. The Bertz CT molecular complexity index is 1220. The van der Waals surface area contributed by atoms with E-state index >= 15 is 0 Å². The molecular formula is C21H17F3N4O3. The number of halogens is 3. The number of para-hydroxylation sites is 1. The third-order valence-electron chi connectivity index (χ3n) is 4.72. The average molecular weight is 430 g/mol. The largest absolute Gasteiger partial charge is 0.504 e. The lowest BCUT2D eigenvalue weighted by Crippen LogP contribution is -2.07. The van der Waals surface area contributed by atoms with Gasteiger partial charge in [-0.15, -0.1) is 0 Å². The zero-order valence-electron chi connectivity index (χ0n) is 16.4. The molecular weight excluding hydrogens is 413 g/mol. The van der Waals surface area contributed by atoms with Gasteiger partial charge in [-0.1, -0.05) is 18.2 Å². The molecule has 0 amide bonds. The summed E-state index contributed by atoms with van der Waals surface area (Å²) in [5.74, 6) is -0.171. The lowest BCUT2D eigenvalue weighted by atomic mass is 10.00. The van der Waals surface area contributed by atoms with E-state index in [0.717, 1.165) is 0 Å². The minimum Gasteiger partial charge on any atom is -0.504 e. The Balaban J connectivity index is 1.92. The summed E-state index contributed by atoms with van der Waals surface area (Å²) in [7, 11) is 2.70. The zero-order valence-corrected chi connectivity index (χ0v) is 16.4. The molecule has 0 aliphatic carbocycles. The highest BCUT2D eigenvalue weighted by Crippen LogP contribution is 2.47. The van der Waals surface area contributed by atoms with Crippen molar-refractivity contribution >= 4 is 0 Å². The lowest BCUT2D eigenvalue weighted by molar-refractivity contribution is -0.140. The van der Waals surface area contributed by atoms with E-state index < -0.39 is 17.6 Å². The maximum absolute atomic E-state index is 13.8. The van der Waals surface area contributed by atoms with Crippen LogP contribution in [0, 0.1) is 0 Å². The molecule has 10 heteroatoms. The van der Waals surface area contributed by atoms with Gasteiger partial charge in [0.15, 0.2) is 11.5 Å². The molecule has 0 saturated carbocycles. The number of nitrogens with one attached hydrogen (secondary N) is 1. The van der Waals surface area contributed by atoms with Crippen molar-refractivity contribution in [2.75, 3.05) is 14.2 Å². The number of alkyl halides is 3. The summed E-state index contributed by atoms with van der Waals surface area (Å²) < 4.78 is 53.0. The van der Waals surface area contributed by atoms with E-state index in [1.165, 1.54) is 43.4 Å². The van der Waals surface area contributed by atoms with Crippen LogP contribution in [-0.2, 0) is 6.18 Å². The monoisotopic (exact) mass is 430 g/mol. The van der Waals surface area contributed by atoms with Crippen molar-refractivity contribution in [3.8, 4) is 45.3 Å². The molecule has 31 heavy (non-hydrogen) atoms. The SMILES string of the molecule is COc1ccc(-c2n[nH]c(C(F)(F)F)c2-c2cnn(-c3ccccc3)c2)c(O)c1OC. The normalized spacial score (nSPS) is 11.5. The summed E-state index contributed by atoms with van der Waals surface area (Å²) in [5, 5.41) is 20.8. The summed E-state index contributed by atoms with van der Waals surface area (Å²) in [4.78, 5) is 0. The molecule has 2 aromatic heterocycles. The second-order valence-electron chi connectivity index (χ2n) is 6.53. The number of methoxy groups -OCH3 is 2. The summed E-state index contributed by atoms with van der Waals surface area (Å²) in [6, 6.07) is 11.9. The van der Waals surface area contributed by atoms with Crippen LogP contribution >= 0.6 is 0 Å². The van der Waals surface area contributed by atoms with Gasteiger partial charge in [-0.25, -0.2) is 4.68 Å². The highest BCUT2D eigenvalue weighted by molar-refractivity contribution is 5.86. The molecule has 0 fully saturated rings. The predicted molar refractivity (Wildman–Crippen MR) is 106 cm³/mol. The minimum absolute atomic E-state index is 0.0116. The van der Waals surface area contributed by atoms with Gasteiger partial charge in [-0.2, -0.15) is 23.4 Å². The summed E-state index contributed by atoms with van der Waals surface area (Å²) in [6.45, 7) is 0. The van der Waals surface area contributed by atoms with E-state index in [1.54, 1.807) is 24.3 Å². The Hall–Kier alpha value is -3.95. The number of hydrogen-bond acceptors (Lipinski definition) is 5. The van der Waals surface area contributed by atoms with Crippen LogP contribution < -0.4 is 9.47 Å². The van der Waals surface area contributed by atoms with Gasteiger partial charge >= 0.3 is 6.18 Å². The van der Waals surface area contributed by atoms with Gasteiger partial charge in [0.1, 0.15) is 11.4 Å². The van der Waals surface area contributed by atoms with Gasteiger partial charge < -0.3 is 14.6 Å². The van der Waals surface area contributed by atoms with Crippen molar-refractivity contribution in [1.82, 2.24) is 20.0 Å². The highest BCUT2D eigenvalue weighted by atomic mass is 19.4. The van der Waals surface area contributed by atoms with E-state index in [9.17, 15) is 18.3 Å². The van der Waals surface area contributed by atoms with Crippen LogP contribution in [0.2, 0.25) is 0 Å². The second-order valence-corrected chi connectivity index (χ2v) is 6.53. The maximum atomic E-state index is 13.8. The van der Waals surface area contributed by atoms with Crippen LogP contribution in [0.1, 0.15) is 5.69 Å². The summed E-state index contributed by atoms with van der Waals surface area (Å²) >= 11 is 0. The Morgan fingerprint density at radius 1 is 1.03 bits per heavy atom. The molecule has 0 spiro atoms. The van der Waals surface area contributed by atoms with Gasteiger partial charge in [0.05, 0.1) is 26.1 Å². The predicted octanol–water partition coefficient (Wildman–Crippen LogP) is 4.67. The van der Waals surface area contributed by atoms with Crippen LogP contribution in [0.4, 0.5) is 13.2 Å². The number of benzene rings is 2. The molecule has 0 saturated heterocycles. The molecule has 0 unspecified atom stereocenters. The Morgan fingerprint density at radius 3 is 2.42 bits per heavy atom. The number of phenolic OH excluding ortho intramolecular Hbond substituents is 1. The van der Waals surface area contributed by atoms with Gasteiger partial charge in [0, 0.05) is 22.9 Å². The van der Waals surface area contributed by atoms with Crippen LogP contribution in [0.25, 0.3) is 28.1 Å². The molecule has 0 bridgehead atoms. The number of hydrogen-bond donors (Lipinski definition) is 2. The standard InChI is InChI=1S/C21H17F3N4O3/c1-30-15-9-8-14(18(29)19(15)31-2)17-16(20(27-26-17)21(22,23)24)12-10-25-28(11-12)13-6-4-3-5-7-13/h3-11,29H,1-2H3,(H,26,27). The molecule has 160 valence electrons. The van der Waals surface area contributed by atoms with Crippen molar-refractivity contribution in [3.63, 3.8) is 0 Å². The van der Waals surface area contributed by atoms with Crippen LogP contribution in [-0.4, -0.2) is 39.3 Å². The Labute approximate surface area is 174 Å². The van der Waals surface area contributed by atoms with E-state index in [0.29, 0.717) is 5.69 Å². The first-order valence-corrected chi connectivity index (χ1v) is 9.05. The molecule has 7 nitrogen and oxygen atoms in total. The van der Waals surface area contributed by atoms with Crippen LogP contribution in [0.3, 0.4) is 0 Å². The molecule has 4 rings (SSSR count). The number of H-pyrrole nitrogens is 1. The maximum Gasteiger partial charge on any atom is 0.433 e. The molecule has 0 atom stereocenters. The van der Waals surface area contributed by atoms with Crippen molar-refractivity contribution in [2.45, 2.75) is 6.18 Å². The third-order valence-corrected chi connectivity index (χ3v) is 4.72. The summed E-state index contributed by atoms with van der Waals surface area (Å²) in [6.07, 6.45) is -1.92. The molecule has 0 aliphatic heterocycles. The fourth-order valence-electron chi connectivity index (χ4n) is 3.30. The number of ether oxygens (including phenoxy) is 2. The quantitative estimate of drug-likeness (QED) is 0.481. The molecule has 2 heterocycles. The van der Waals surface area contributed by atoms with E-state index in [2.05, 4.69) is 15.3 Å². The van der Waals surface area contributed by atoms with Gasteiger partial charge in [0.25, 0.3) is 0 Å². The van der Waals surface area contributed by atoms with Crippen LogP contribution in [0.5, 0.6) is 17.2 Å². The van der Waals surface area contributed by atoms with E-state index in [4.69, 9.17) is 9.47 Å². The number of nitrogens with zero attached hydrogens (tertiary/aromatic N) is 3. The highest BCUT2D eigenvalue weighted by Gasteiger charge is 2.39. The van der Waals surface area contributed by atoms with Crippen LogP contribution in [0.15, 0.2) is 54.9 Å². The lowest BCUT2D eigenvalue weighted by Gasteiger charge is -2.13. The smallest absolute Gasteiger partial charge is 0.433 e. The van der Waals surface area contributed by atoms with E-state index in [1.807, 2.05) is 6.07 Å². The fraction of sp³-hybridized carbons (Fsp3) is 0.143. The third kappa shape index (κ3) is 3.56. The summed E-state index contributed by atoms with van der Waals surface area (Å²) in [5.41, 5.74) is -0.484. The number of aromatic hydroxyl groups is 1. The van der Waals surface area contributed by atoms with Crippen molar-refractivity contribution in [3.05, 3.63) is 60.6 Å². The number of aromatic nitrogens is 4. The second kappa shape index (κ2) is 7.71. The molecule has 4 aromatic rings. The fourth-order valence-corrected chi connectivity index (χ4v) is 3.30.